The third-order valence-electron chi connectivity index (χ3n) is 5.85. The van der Waals surface area contributed by atoms with Crippen molar-refractivity contribution < 1.29 is 31.2 Å². The highest BCUT2D eigenvalue weighted by Crippen LogP contribution is 2.53. The molecule has 0 N–H and O–H groups in total. The average molecular weight is 562 g/mol. The van der Waals surface area contributed by atoms with E-state index >= 15 is 0 Å². The summed E-state index contributed by atoms with van der Waals surface area (Å²) in [6.07, 6.45) is -3.28. The average Bonchev–Trinajstić information content (AvgIpc) is 3.62. The normalized spacial score (nSPS) is 13.2. The van der Waals surface area contributed by atoms with Gasteiger partial charge in [0.15, 0.2) is 0 Å². The van der Waals surface area contributed by atoms with Crippen LogP contribution < -0.4 is 4.90 Å². The summed E-state index contributed by atoms with van der Waals surface area (Å²) >= 11 is 0. The van der Waals surface area contributed by atoms with Crippen molar-refractivity contribution in [2.24, 2.45) is 0 Å². The molecule has 7 nitrogen and oxygen atoms in total. The van der Waals surface area contributed by atoms with Crippen molar-refractivity contribution in [3.63, 3.8) is 0 Å². The molecule has 1 aliphatic carbocycles. The summed E-state index contributed by atoms with van der Waals surface area (Å²) in [4.78, 5) is 21.6. The van der Waals surface area contributed by atoms with Crippen LogP contribution in [0.1, 0.15) is 58.4 Å². The van der Waals surface area contributed by atoms with Crippen LogP contribution in [0.15, 0.2) is 65.3 Å². The molecule has 0 bridgehead atoms. The largest absolute Gasteiger partial charge is 0.415 e. The van der Waals surface area contributed by atoms with Crippen LogP contribution in [0.2, 0.25) is 0 Å². The summed E-state index contributed by atoms with van der Waals surface area (Å²) in [6.45, 7) is 8.00. The fourth-order valence-corrected chi connectivity index (χ4v) is 3.98. The van der Waals surface area contributed by atoms with Crippen molar-refractivity contribution in [3.8, 4) is 22.6 Å². The van der Waals surface area contributed by atoms with Crippen molar-refractivity contribution in [1.29, 1.82) is 0 Å². The number of alkyl halides is 4. The number of nitrogens with zero attached hydrogens (tertiary/aromatic N) is 5. The quantitative estimate of drug-likeness (QED) is 0.216. The first-order valence-corrected chi connectivity index (χ1v) is 12.7. The molecule has 0 spiro atoms. The molecule has 2 aromatic heterocycles. The molecular formula is C28H28F5N5O2. The molecule has 40 heavy (non-hydrogen) atoms. The van der Waals surface area contributed by atoms with Crippen molar-refractivity contribution in [2.75, 3.05) is 4.90 Å². The van der Waals surface area contributed by atoms with E-state index in [0.29, 0.717) is 29.5 Å². The molecule has 4 aromatic rings. The van der Waals surface area contributed by atoms with E-state index in [2.05, 4.69) is 20.2 Å². The highest BCUT2D eigenvalue weighted by Gasteiger charge is 2.54. The van der Waals surface area contributed by atoms with Gasteiger partial charge in [0.25, 0.3) is 17.7 Å². The molecule has 1 fully saturated rings. The number of rotatable bonds is 7. The number of aromatic nitrogens is 4. The SMILES string of the molecule is CC.CC.O=C(C(F)F)N(c1ncc(-c2nnc(C(F)F)o2)cn1)C1(c2cccc(-c3ccc(F)cc3)c2)CC1. The summed E-state index contributed by atoms with van der Waals surface area (Å²) in [5.74, 6) is -3.33. The Labute approximate surface area is 228 Å². The maximum Gasteiger partial charge on any atom is 0.316 e. The van der Waals surface area contributed by atoms with E-state index in [1.54, 1.807) is 36.4 Å². The van der Waals surface area contributed by atoms with Crippen molar-refractivity contribution in [2.45, 2.75) is 58.9 Å². The molecule has 0 atom stereocenters. The van der Waals surface area contributed by atoms with Crippen LogP contribution in [0, 0.1) is 5.82 Å². The van der Waals surface area contributed by atoms with Gasteiger partial charge in [-0.2, -0.15) is 17.6 Å². The van der Waals surface area contributed by atoms with Gasteiger partial charge in [0, 0.05) is 12.4 Å². The van der Waals surface area contributed by atoms with E-state index in [9.17, 15) is 26.7 Å². The smallest absolute Gasteiger partial charge is 0.316 e. The third-order valence-corrected chi connectivity index (χ3v) is 5.85. The van der Waals surface area contributed by atoms with E-state index < -0.39 is 36.0 Å². The number of amides is 1. The summed E-state index contributed by atoms with van der Waals surface area (Å²) in [5.41, 5.74) is 0.975. The Balaban J connectivity index is 0.00000106. The molecule has 0 radical (unpaired) electrons. The van der Waals surface area contributed by atoms with Gasteiger partial charge in [0.1, 0.15) is 5.82 Å². The van der Waals surface area contributed by atoms with Crippen LogP contribution in [0.25, 0.3) is 22.6 Å². The second-order valence-electron chi connectivity index (χ2n) is 8.11. The number of benzene rings is 2. The molecule has 1 amide bonds. The van der Waals surface area contributed by atoms with Crippen molar-refractivity contribution >= 4 is 11.9 Å². The van der Waals surface area contributed by atoms with Crippen LogP contribution >= 0.6 is 0 Å². The van der Waals surface area contributed by atoms with Gasteiger partial charge in [-0.1, -0.05) is 58.0 Å². The third kappa shape index (κ3) is 6.32. The van der Waals surface area contributed by atoms with Crippen molar-refractivity contribution in [3.05, 3.63) is 78.2 Å². The molecule has 0 saturated heterocycles. The number of carbonyl (C=O) groups is 1. The summed E-state index contributed by atoms with van der Waals surface area (Å²) < 4.78 is 71.0. The first-order chi connectivity index (χ1) is 19.3. The van der Waals surface area contributed by atoms with Gasteiger partial charge in [-0.25, -0.2) is 14.4 Å². The standard InChI is InChI=1S/C24H16F5N5O2.2C2H6/c25-17-6-4-13(5-7-17)14-2-1-3-16(10-14)24(8-9-24)34(22(35)19(28)29)23-30-11-15(12-31-23)20-32-33-21(36-20)18(26)27;2*1-2/h1-7,10-12,18-19H,8-9H2;2*1-2H3. The predicted molar refractivity (Wildman–Crippen MR) is 139 cm³/mol. The lowest BCUT2D eigenvalue weighted by molar-refractivity contribution is -0.129. The minimum absolute atomic E-state index is 0.0748. The second-order valence-corrected chi connectivity index (χ2v) is 8.11. The molecule has 212 valence electrons. The minimum atomic E-state index is -3.32. The Morgan fingerprint density at radius 3 is 2.02 bits per heavy atom. The van der Waals surface area contributed by atoms with E-state index in [4.69, 9.17) is 4.42 Å². The number of halogens is 5. The molecule has 0 aliphatic heterocycles. The first-order valence-electron chi connectivity index (χ1n) is 12.7. The Morgan fingerprint density at radius 1 is 0.875 bits per heavy atom. The zero-order valence-electron chi connectivity index (χ0n) is 22.3. The van der Waals surface area contributed by atoms with Crippen LogP contribution in [-0.4, -0.2) is 32.5 Å². The van der Waals surface area contributed by atoms with E-state index in [0.717, 1.165) is 17.3 Å². The lowest BCUT2D eigenvalue weighted by Gasteiger charge is -2.30. The highest BCUT2D eigenvalue weighted by molar-refractivity contribution is 5.96. The van der Waals surface area contributed by atoms with Gasteiger partial charge in [0.2, 0.25) is 5.95 Å². The zero-order chi connectivity index (χ0) is 29.4. The Bertz CT molecular complexity index is 1390. The Hall–Kier alpha value is -4.22. The van der Waals surface area contributed by atoms with Crippen LogP contribution in [0.3, 0.4) is 0 Å². The van der Waals surface area contributed by atoms with E-state index in [1.807, 2.05) is 27.7 Å². The summed E-state index contributed by atoms with van der Waals surface area (Å²) in [7, 11) is 0. The van der Waals surface area contributed by atoms with Gasteiger partial charge < -0.3 is 4.42 Å². The number of carbonyl (C=O) groups excluding carboxylic acids is 1. The van der Waals surface area contributed by atoms with Gasteiger partial charge in [-0.15, -0.1) is 10.2 Å². The minimum Gasteiger partial charge on any atom is -0.415 e. The van der Waals surface area contributed by atoms with Gasteiger partial charge >= 0.3 is 12.9 Å². The Morgan fingerprint density at radius 2 is 1.50 bits per heavy atom. The van der Waals surface area contributed by atoms with Crippen LogP contribution in [0.5, 0.6) is 0 Å². The molecule has 2 heterocycles. The molecule has 1 saturated carbocycles. The van der Waals surface area contributed by atoms with E-state index in [1.165, 1.54) is 12.1 Å². The first kappa shape index (κ1) is 30.3. The fourth-order valence-electron chi connectivity index (χ4n) is 3.98. The van der Waals surface area contributed by atoms with Gasteiger partial charge in [-0.3, -0.25) is 9.69 Å². The van der Waals surface area contributed by atoms with Crippen molar-refractivity contribution in [1.82, 2.24) is 20.2 Å². The predicted octanol–water partition coefficient (Wildman–Crippen LogP) is 7.61. The summed E-state index contributed by atoms with van der Waals surface area (Å²) in [6, 6.07) is 12.8. The molecule has 1 aliphatic rings. The van der Waals surface area contributed by atoms with Crippen LogP contribution in [0.4, 0.5) is 27.9 Å². The molecule has 5 rings (SSSR count). The topological polar surface area (TPSA) is 85.0 Å². The zero-order valence-corrected chi connectivity index (χ0v) is 22.3. The monoisotopic (exact) mass is 561 g/mol. The van der Waals surface area contributed by atoms with Gasteiger partial charge in [0.05, 0.1) is 11.1 Å². The number of anilines is 1. The lowest BCUT2D eigenvalue weighted by Crippen LogP contribution is -2.45. The number of hydrogen-bond acceptors (Lipinski definition) is 6. The molecule has 12 heteroatoms. The Kier molecular flexibility index (Phi) is 10.0. The fraction of sp³-hybridized carbons (Fsp3) is 0.321. The van der Waals surface area contributed by atoms with E-state index in [-0.39, 0.29) is 17.4 Å². The number of hydrogen-bond donors (Lipinski definition) is 0. The maximum atomic E-state index is 13.7. The summed E-state index contributed by atoms with van der Waals surface area (Å²) in [5, 5.41) is 6.72. The lowest BCUT2D eigenvalue weighted by atomic mass is 9.97. The van der Waals surface area contributed by atoms with Crippen LogP contribution in [-0.2, 0) is 10.3 Å². The molecular weight excluding hydrogens is 533 g/mol. The molecule has 2 aromatic carbocycles. The maximum absolute atomic E-state index is 13.7. The van der Waals surface area contributed by atoms with Gasteiger partial charge in [-0.05, 0) is 47.7 Å². The molecule has 0 unspecified atom stereocenters. The highest BCUT2D eigenvalue weighted by atomic mass is 19.3. The second kappa shape index (κ2) is 13.2.